The first-order chi connectivity index (χ1) is 6.05. The van der Waals surface area contributed by atoms with E-state index in [4.69, 9.17) is 7.85 Å². The van der Waals surface area contributed by atoms with Crippen LogP contribution in [0.2, 0.25) is 6.32 Å². The van der Waals surface area contributed by atoms with Gasteiger partial charge in [0.2, 0.25) is 0 Å². The summed E-state index contributed by atoms with van der Waals surface area (Å²) in [5.41, 5.74) is 1.49. The molecule has 0 aromatic carbocycles. The number of hydrogen-bond donors (Lipinski definition) is 0. The van der Waals surface area contributed by atoms with Crippen LogP contribution in [0.4, 0.5) is 0 Å². The highest BCUT2D eigenvalue weighted by atomic mass is 14.2. The Labute approximate surface area is 83.8 Å². The third-order valence-electron chi connectivity index (χ3n) is 2.10. The molecule has 0 spiro atoms. The second-order valence-electron chi connectivity index (χ2n) is 4.06. The third kappa shape index (κ3) is 5.51. The van der Waals surface area contributed by atoms with Crippen molar-refractivity contribution in [3.05, 3.63) is 37.0 Å². The lowest BCUT2D eigenvalue weighted by molar-refractivity contribution is 0.351. The van der Waals surface area contributed by atoms with Crippen molar-refractivity contribution < 1.29 is 0 Å². The van der Waals surface area contributed by atoms with E-state index in [1.54, 1.807) is 6.08 Å². The number of rotatable bonds is 6. The molecule has 0 aromatic heterocycles. The number of allylic oxidation sites excluding steroid dienone is 4. The zero-order valence-corrected chi connectivity index (χ0v) is 8.84. The monoisotopic (exact) mass is 174 g/mol. The van der Waals surface area contributed by atoms with Gasteiger partial charge in [-0.15, -0.1) is 0 Å². The van der Waals surface area contributed by atoms with Crippen LogP contribution in [0.3, 0.4) is 0 Å². The van der Waals surface area contributed by atoms with Crippen molar-refractivity contribution in [3.63, 3.8) is 0 Å². The molecule has 0 saturated carbocycles. The average Bonchev–Trinajstić information content (AvgIpc) is 2.03. The zero-order chi connectivity index (χ0) is 10.3. The summed E-state index contributed by atoms with van der Waals surface area (Å²) in [6.45, 7) is 11.9. The van der Waals surface area contributed by atoms with Crippen LogP contribution in [0.1, 0.15) is 26.7 Å². The third-order valence-corrected chi connectivity index (χ3v) is 2.10. The van der Waals surface area contributed by atoms with E-state index in [-0.39, 0.29) is 5.41 Å². The lowest BCUT2D eigenvalue weighted by Crippen LogP contribution is -2.11. The summed E-state index contributed by atoms with van der Waals surface area (Å²) in [5, 5.41) is 0. The molecule has 0 aromatic rings. The van der Waals surface area contributed by atoms with Crippen molar-refractivity contribution >= 4 is 7.85 Å². The molecular formula is C12H19B. The van der Waals surface area contributed by atoms with Crippen molar-refractivity contribution in [1.29, 1.82) is 0 Å². The molecule has 0 aliphatic carbocycles. The first-order valence-electron chi connectivity index (χ1n) is 4.70. The maximum atomic E-state index is 5.54. The van der Waals surface area contributed by atoms with E-state index in [1.807, 2.05) is 12.2 Å². The molecule has 13 heavy (non-hydrogen) atoms. The fourth-order valence-corrected chi connectivity index (χ4v) is 1.38. The summed E-state index contributed by atoms with van der Waals surface area (Å²) in [7, 11) is 5.54. The van der Waals surface area contributed by atoms with E-state index in [0.717, 1.165) is 19.2 Å². The van der Waals surface area contributed by atoms with Gasteiger partial charge in [0, 0.05) is 0 Å². The van der Waals surface area contributed by atoms with E-state index in [1.165, 1.54) is 5.57 Å². The van der Waals surface area contributed by atoms with Crippen LogP contribution in [0, 0.1) is 5.41 Å². The largest absolute Gasteiger partial charge is 0.0991 e. The van der Waals surface area contributed by atoms with Crippen molar-refractivity contribution in [1.82, 2.24) is 0 Å². The molecule has 0 aliphatic rings. The second kappa shape index (κ2) is 5.85. The van der Waals surface area contributed by atoms with Gasteiger partial charge in [-0.2, -0.15) is 0 Å². The molecule has 0 heterocycles. The van der Waals surface area contributed by atoms with Gasteiger partial charge in [0.25, 0.3) is 0 Å². The maximum Gasteiger partial charge on any atom is 0.0653 e. The van der Waals surface area contributed by atoms with E-state index in [2.05, 4.69) is 27.0 Å². The van der Waals surface area contributed by atoms with Gasteiger partial charge in [0.05, 0.1) is 7.85 Å². The summed E-state index contributed by atoms with van der Waals surface area (Å²) >= 11 is 0. The molecule has 0 saturated heterocycles. The first kappa shape index (κ1) is 12.3. The Hall–Kier alpha value is -0.715. The molecule has 0 N–H and O–H groups in total. The summed E-state index contributed by atoms with van der Waals surface area (Å²) in [6, 6.07) is 0. The van der Waals surface area contributed by atoms with E-state index in [0.29, 0.717) is 0 Å². The molecule has 0 amide bonds. The Bertz CT molecular complexity index is 199. The van der Waals surface area contributed by atoms with Gasteiger partial charge in [-0.05, 0) is 17.4 Å². The van der Waals surface area contributed by atoms with E-state index < -0.39 is 0 Å². The van der Waals surface area contributed by atoms with Crippen LogP contribution in [-0.4, -0.2) is 7.85 Å². The molecule has 1 heteroatoms. The summed E-state index contributed by atoms with van der Waals surface area (Å²) < 4.78 is 0. The molecular weight excluding hydrogens is 155 g/mol. The standard InChI is InChI=1S/C12H19B/c1-5-7-11(6-2)10-12(3,4)8-9-13/h5-7H,1-2,8-10H2,3-4H3/b11-7+. The molecule has 0 atom stereocenters. The predicted molar refractivity (Wildman–Crippen MR) is 62.1 cm³/mol. The Morgan fingerprint density at radius 1 is 1.38 bits per heavy atom. The summed E-state index contributed by atoms with van der Waals surface area (Å²) in [5.74, 6) is 0. The molecule has 0 unspecified atom stereocenters. The van der Waals surface area contributed by atoms with Gasteiger partial charge in [0.15, 0.2) is 0 Å². The minimum absolute atomic E-state index is 0.262. The van der Waals surface area contributed by atoms with Crippen LogP contribution < -0.4 is 0 Å². The second-order valence-corrected chi connectivity index (χ2v) is 4.06. The highest BCUT2D eigenvalue weighted by Gasteiger charge is 2.16. The van der Waals surface area contributed by atoms with Gasteiger partial charge >= 0.3 is 0 Å². The van der Waals surface area contributed by atoms with Crippen molar-refractivity contribution in [3.8, 4) is 0 Å². The fourth-order valence-electron chi connectivity index (χ4n) is 1.38. The van der Waals surface area contributed by atoms with Gasteiger partial charge < -0.3 is 0 Å². The van der Waals surface area contributed by atoms with Crippen LogP contribution in [-0.2, 0) is 0 Å². The Morgan fingerprint density at radius 2 is 2.00 bits per heavy atom. The predicted octanol–water partition coefficient (Wildman–Crippen LogP) is 3.68. The molecule has 0 rings (SSSR count). The van der Waals surface area contributed by atoms with Crippen LogP contribution in [0.25, 0.3) is 0 Å². The Morgan fingerprint density at radius 3 is 2.38 bits per heavy atom. The van der Waals surface area contributed by atoms with Gasteiger partial charge in [-0.25, -0.2) is 0 Å². The molecule has 0 aliphatic heterocycles. The number of hydrogen-bond acceptors (Lipinski definition) is 0. The van der Waals surface area contributed by atoms with Crippen LogP contribution in [0.15, 0.2) is 37.0 Å². The minimum Gasteiger partial charge on any atom is -0.0991 e. The van der Waals surface area contributed by atoms with E-state index >= 15 is 0 Å². The quantitative estimate of drug-likeness (QED) is 0.425. The molecule has 0 nitrogen and oxygen atoms in total. The van der Waals surface area contributed by atoms with E-state index in [9.17, 15) is 0 Å². The van der Waals surface area contributed by atoms with Crippen molar-refractivity contribution in [2.45, 2.75) is 33.0 Å². The highest BCUT2D eigenvalue weighted by molar-refractivity contribution is 6.08. The summed E-state index contributed by atoms with van der Waals surface area (Å²) in [6.07, 6.45) is 8.49. The topological polar surface area (TPSA) is 0 Å². The van der Waals surface area contributed by atoms with Crippen molar-refractivity contribution in [2.75, 3.05) is 0 Å². The minimum atomic E-state index is 0.262. The Kier molecular flexibility index (Phi) is 5.53. The lowest BCUT2D eigenvalue weighted by atomic mass is 9.78. The highest BCUT2D eigenvalue weighted by Crippen LogP contribution is 2.30. The smallest absolute Gasteiger partial charge is 0.0653 e. The molecule has 0 bridgehead atoms. The zero-order valence-electron chi connectivity index (χ0n) is 8.84. The van der Waals surface area contributed by atoms with Crippen molar-refractivity contribution in [2.24, 2.45) is 5.41 Å². The molecule has 0 fully saturated rings. The first-order valence-corrected chi connectivity index (χ1v) is 4.70. The normalized spacial score (nSPS) is 12.6. The fraction of sp³-hybridized carbons (Fsp3) is 0.500. The van der Waals surface area contributed by atoms with Crippen LogP contribution in [0.5, 0.6) is 0 Å². The van der Waals surface area contributed by atoms with Gasteiger partial charge in [-0.3, -0.25) is 0 Å². The SMILES string of the molecule is [B]CCC(C)(C)C/C(C=C)=C/C=C. The Balaban J connectivity index is 4.29. The maximum absolute atomic E-state index is 5.54. The average molecular weight is 174 g/mol. The van der Waals surface area contributed by atoms with Crippen LogP contribution >= 0.6 is 0 Å². The lowest BCUT2D eigenvalue weighted by Gasteiger charge is -2.24. The van der Waals surface area contributed by atoms with Gasteiger partial charge in [-0.1, -0.05) is 58.0 Å². The summed E-state index contributed by atoms with van der Waals surface area (Å²) in [4.78, 5) is 0. The molecule has 2 radical (unpaired) electrons. The molecule has 70 valence electrons. The van der Waals surface area contributed by atoms with Gasteiger partial charge in [0.1, 0.15) is 0 Å².